The van der Waals surface area contributed by atoms with Crippen LogP contribution in [0.2, 0.25) is 5.02 Å². The smallest absolute Gasteiger partial charge is 0.244 e. The van der Waals surface area contributed by atoms with E-state index in [2.05, 4.69) is 10.5 Å². The van der Waals surface area contributed by atoms with Crippen molar-refractivity contribution >= 4 is 23.7 Å². The molecule has 0 atom stereocenters. The third kappa shape index (κ3) is 6.12. The van der Waals surface area contributed by atoms with Crippen LogP contribution < -0.4 is 14.9 Å². The zero-order valence-corrected chi connectivity index (χ0v) is 15.0. The molecule has 0 aromatic heterocycles. The number of nitrogens with zero attached hydrogens (tertiary/aromatic N) is 1. The number of carbonyl (C=O) groups is 1. The first-order valence-electron chi connectivity index (χ1n) is 7.99. The first kappa shape index (κ1) is 18.8. The summed E-state index contributed by atoms with van der Waals surface area (Å²) in [5.41, 5.74) is 4.16. The number of hydrogen-bond acceptors (Lipinski definition) is 4. The van der Waals surface area contributed by atoms with Crippen molar-refractivity contribution < 1.29 is 14.3 Å². The number of amides is 1. The molecule has 0 fully saturated rings. The van der Waals surface area contributed by atoms with E-state index in [0.29, 0.717) is 17.4 Å². The Morgan fingerprint density at radius 1 is 1.24 bits per heavy atom. The maximum absolute atomic E-state index is 11.9. The van der Waals surface area contributed by atoms with Crippen LogP contribution in [0.4, 0.5) is 0 Å². The van der Waals surface area contributed by atoms with E-state index in [4.69, 9.17) is 21.1 Å². The fourth-order valence-corrected chi connectivity index (χ4v) is 2.32. The van der Waals surface area contributed by atoms with E-state index in [1.165, 1.54) is 0 Å². The highest BCUT2D eigenvalue weighted by molar-refractivity contribution is 6.32. The SMILES string of the molecule is CCCOc1ccc(/C=N\NC(=O)Cc2ccc(OC)cc2)cc1Cl. The van der Waals surface area contributed by atoms with Crippen LogP contribution in [0.1, 0.15) is 24.5 Å². The summed E-state index contributed by atoms with van der Waals surface area (Å²) in [6.07, 6.45) is 2.70. The Hall–Kier alpha value is -2.53. The summed E-state index contributed by atoms with van der Waals surface area (Å²) in [6, 6.07) is 12.7. The van der Waals surface area contributed by atoms with Gasteiger partial charge in [0.1, 0.15) is 11.5 Å². The van der Waals surface area contributed by atoms with Gasteiger partial charge in [-0.05, 0) is 47.9 Å². The Balaban J connectivity index is 1.86. The molecule has 0 radical (unpaired) electrons. The molecule has 25 heavy (non-hydrogen) atoms. The number of hydrogen-bond donors (Lipinski definition) is 1. The number of rotatable bonds is 8. The monoisotopic (exact) mass is 360 g/mol. The molecule has 132 valence electrons. The third-order valence-corrected chi connectivity index (χ3v) is 3.64. The summed E-state index contributed by atoms with van der Waals surface area (Å²) in [4.78, 5) is 11.9. The van der Waals surface area contributed by atoms with Crippen molar-refractivity contribution in [2.24, 2.45) is 5.10 Å². The topological polar surface area (TPSA) is 59.9 Å². The summed E-state index contributed by atoms with van der Waals surface area (Å²) >= 11 is 6.15. The van der Waals surface area contributed by atoms with Gasteiger partial charge in [-0.2, -0.15) is 5.10 Å². The lowest BCUT2D eigenvalue weighted by molar-refractivity contribution is -0.120. The molecular formula is C19H21ClN2O3. The van der Waals surface area contributed by atoms with E-state index < -0.39 is 0 Å². The van der Waals surface area contributed by atoms with E-state index >= 15 is 0 Å². The van der Waals surface area contributed by atoms with Gasteiger partial charge >= 0.3 is 0 Å². The number of hydrazone groups is 1. The maximum Gasteiger partial charge on any atom is 0.244 e. The van der Waals surface area contributed by atoms with Crippen LogP contribution in [0.3, 0.4) is 0 Å². The van der Waals surface area contributed by atoms with Gasteiger partial charge in [-0.1, -0.05) is 30.7 Å². The number of benzene rings is 2. The van der Waals surface area contributed by atoms with Crippen molar-refractivity contribution in [2.75, 3.05) is 13.7 Å². The highest BCUT2D eigenvalue weighted by Crippen LogP contribution is 2.25. The lowest BCUT2D eigenvalue weighted by atomic mass is 10.1. The van der Waals surface area contributed by atoms with Crippen molar-refractivity contribution in [3.05, 3.63) is 58.6 Å². The molecule has 5 nitrogen and oxygen atoms in total. The quantitative estimate of drug-likeness (QED) is 0.575. The van der Waals surface area contributed by atoms with Gasteiger partial charge in [0, 0.05) is 0 Å². The first-order valence-corrected chi connectivity index (χ1v) is 8.37. The van der Waals surface area contributed by atoms with Crippen LogP contribution in [-0.4, -0.2) is 25.8 Å². The summed E-state index contributed by atoms with van der Waals surface area (Å²) in [7, 11) is 1.60. The Morgan fingerprint density at radius 3 is 2.64 bits per heavy atom. The highest BCUT2D eigenvalue weighted by atomic mass is 35.5. The molecular weight excluding hydrogens is 340 g/mol. The van der Waals surface area contributed by atoms with Gasteiger partial charge in [0.25, 0.3) is 0 Å². The summed E-state index contributed by atoms with van der Waals surface area (Å²) in [6.45, 7) is 2.65. The van der Waals surface area contributed by atoms with Gasteiger partial charge in [-0.15, -0.1) is 0 Å². The zero-order valence-electron chi connectivity index (χ0n) is 14.3. The molecule has 1 N–H and O–H groups in total. The van der Waals surface area contributed by atoms with Crippen molar-refractivity contribution in [2.45, 2.75) is 19.8 Å². The predicted octanol–water partition coefficient (Wildman–Crippen LogP) is 3.83. The normalized spacial score (nSPS) is 10.7. The Morgan fingerprint density at radius 2 is 2.00 bits per heavy atom. The van der Waals surface area contributed by atoms with Gasteiger partial charge in [-0.25, -0.2) is 5.43 Å². The molecule has 0 aliphatic carbocycles. The van der Waals surface area contributed by atoms with E-state index in [0.717, 1.165) is 23.3 Å². The number of nitrogens with one attached hydrogen (secondary N) is 1. The minimum Gasteiger partial charge on any atom is -0.497 e. The number of ether oxygens (including phenoxy) is 2. The maximum atomic E-state index is 11.9. The third-order valence-electron chi connectivity index (χ3n) is 3.34. The summed E-state index contributed by atoms with van der Waals surface area (Å²) < 4.78 is 10.6. The minimum atomic E-state index is -0.199. The van der Waals surface area contributed by atoms with Crippen LogP contribution in [-0.2, 0) is 11.2 Å². The number of carbonyl (C=O) groups excluding carboxylic acids is 1. The molecule has 1 amide bonds. The fourth-order valence-electron chi connectivity index (χ4n) is 2.07. The molecule has 0 bridgehead atoms. The van der Waals surface area contributed by atoms with Gasteiger partial charge in [0.05, 0.1) is 31.4 Å². The average Bonchev–Trinajstić information content (AvgIpc) is 2.61. The standard InChI is InChI=1S/C19H21ClN2O3/c1-3-10-25-18-9-6-15(11-17(18)20)13-21-22-19(23)12-14-4-7-16(24-2)8-5-14/h4-9,11,13H,3,10,12H2,1-2H3,(H,22,23)/b21-13-. The Labute approximate surface area is 152 Å². The molecule has 0 aliphatic rings. The van der Waals surface area contributed by atoms with Crippen LogP contribution in [0.15, 0.2) is 47.6 Å². The molecule has 2 aromatic carbocycles. The molecule has 0 saturated heterocycles. The molecule has 0 unspecified atom stereocenters. The fraction of sp³-hybridized carbons (Fsp3) is 0.263. The number of methoxy groups -OCH3 is 1. The van der Waals surface area contributed by atoms with Gasteiger partial charge in [0.15, 0.2) is 0 Å². The summed E-state index contributed by atoms with van der Waals surface area (Å²) in [5.74, 6) is 1.20. The largest absolute Gasteiger partial charge is 0.497 e. The predicted molar refractivity (Wildman–Crippen MR) is 99.7 cm³/mol. The van der Waals surface area contributed by atoms with Gasteiger partial charge in [-0.3, -0.25) is 4.79 Å². The molecule has 2 aromatic rings. The second-order valence-electron chi connectivity index (χ2n) is 5.36. The van der Waals surface area contributed by atoms with Crippen LogP contribution >= 0.6 is 11.6 Å². The van der Waals surface area contributed by atoms with Crippen LogP contribution in [0.25, 0.3) is 0 Å². The lowest BCUT2D eigenvalue weighted by Gasteiger charge is -2.07. The van der Waals surface area contributed by atoms with E-state index in [-0.39, 0.29) is 12.3 Å². The van der Waals surface area contributed by atoms with Crippen LogP contribution in [0, 0.1) is 0 Å². The van der Waals surface area contributed by atoms with E-state index in [1.54, 1.807) is 25.5 Å². The first-order chi connectivity index (χ1) is 12.1. The second-order valence-corrected chi connectivity index (χ2v) is 5.76. The zero-order chi connectivity index (χ0) is 18.1. The minimum absolute atomic E-state index is 0.199. The highest BCUT2D eigenvalue weighted by Gasteiger charge is 2.04. The van der Waals surface area contributed by atoms with Crippen molar-refractivity contribution in [1.29, 1.82) is 0 Å². The van der Waals surface area contributed by atoms with Gasteiger partial charge in [0.2, 0.25) is 5.91 Å². The van der Waals surface area contributed by atoms with Crippen molar-refractivity contribution in [3.8, 4) is 11.5 Å². The van der Waals surface area contributed by atoms with Crippen molar-refractivity contribution in [3.63, 3.8) is 0 Å². The average molecular weight is 361 g/mol. The number of halogens is 1. The molecule has 0 saturated carbocycles. The molecule has 6 heteroatoms. The summed E-state index contributed by atoms with van der Waals surface area (Å²) in [5, 5.41) is 4.47. The van der Waals surface area contributed by atoms with Crippen LogP contribution in [0.5, 0.6) is 11.5 Å². The second kappa shape index (κ2) is 9.69. The van der Waals surface area contributed by atoms with E-state index in [1.807, 2.05) is 37.3 Å². The Bertz CT molecular complexity index is 730. The molecule has 0 spiro atoms. The lowest BCUT2D eigenvalue weighted by Crippen LogP contribution is -2.19. The Kier molecular flexibility index (Phi) is 7.29. The van der Waals surface area contributed by atoms with Crippen molar-refractivity contribution in [1.82, 2.24) is 5.43 Å². The molecule has 0 heterocycles. The molecule has 0 aliphatic heterocycles. The molecule has 2 rings (SSSR count). The van der Waals surface area contributed by atoms with Gasteiger partial charge < -0.3 is 9.47 Å². The van der Waals surface area contributed by atoms with E-state index in [9.17, 15) is 4.79 Å².